The van der Waals surface area contributed by atoms with Gasteiger partial charge in [0.25, 0.3) is 0 Å². The van der Waals surface area contributed by atoms with Crippen LogP contribution in [0, 0.1) is 24.1 Å². The molecule has 0 aliphatic carbocycles. The lowest BCUT2D eigenvalue weighted by atomic mass is 10.1. The van der Waals surface area contributed by atoms with Gasteiger partial charge in [-0.05, 0) is 13.0 Å². The highest BCUT2D eigenvalue weighted by Crippen LogP contribution is 2.12. The molecule has 0 atom stereocenters. The highest BCUT2D eigenvalue weighted by atomic mass is 19.1. The molecule has 0 aliphatic heterocycles. The first kappa shape index (κ1) is 13.2. The van der Waals surface area contributed by atoms with E-state index in [1.165, 1.54) is 6.07 Å². The molecule has 2 aromatic rings. The van der Waals surface area contributed by atoms with Crippen molar-refractivity contribution in [2.45, 2.75) is 20.0 Å². The van der Waals surface area contributed by atoms with Crippen LogP contribution >= 0.6 is 0 Å². The van der Waals surface area contributed by atoms with E-state index in [1.54, 1.807) is 16.8 Å². The Bertz CT molecular complexity index is 625. The summed E-state index contributed by atoms with van der Waals surface area (Å²) in [5.74, 6) is -0.444. The molecule has 1 aromatic carbocycles. The minimum Gasteiger partial charge on any atom is -0.308 e. The van der Waals surface area contributed by atoms with Crippen molar-refractivity contribution in [1.82, 2.24) is 15.1 Å². The summed E-state index contributed by atoms with van der Waals surface area (Å²) in [5, 5.41) is 16.2. The van der Waals surface area contributed by atoms with Crippen molar-refractivity contribution in [3.63, 3.8) is 0 Å². The molecule has 0 saturated heterocycles. The van der Waals surface area contributed by atoms with Gasteiger partial charge in [-0.25, -0.2) is 4.39 Å². The second kappa shape index (κ2) is 5.63. The van der Waals surface area contributed by atoms with Gasteiger partial charge in [-0.3, -0.25) is 4.68 Å². The Morgan fingerprint density at radius 3 is 2.74 bits per heavy atom. The molecule has 0 bridgehead atoms. The van der Waals surface area contributed by atoms with Crippen LogP contribution in [0.1, 0.15) is 22.4 Å². The smallest absolute Gasteiger partial charge is 0.145 e. The lowest BCUT2D eigenvalue weighted by molar-refractivity contribution is 0.584. The Kier molecular flexibility index (Phi) is 3.93. The molecule has 5 heteroatoms. The van der Waals surface area contributed by atoms with E-state index >= 15 is 0 Å². The molecule has 0 aliphatic rings. The fourth-order valence-electron chi connectivity index (χ4n) is 1.96. The van der Waals surface area contributed by atoms with Crippen molar-refractivity contribution < 1.29 is 4.39 Å². The molecule has 0 fully saturated rings. The van der Waals surface area contributed by atoms with Crippen LogP contribution in [-0.2, 0) is 20.1 Å². The number of aromatic nitrogens is 2. The van der Waals surface area contributed by atoms with E-state index in [0.717, 1.165) is 11.3 Å². The molecular formula is C14H15FN4. The Morgan fingerprint density at radius 2 is 2.11 bits per heavy atom. The summed E-state index contributed by atoms with van der Waals surface area (Å²) in [7, 11) is 1.87. The van der Waals surface area contributed by atoms with Crippen LogP contribution in [0.3, 0.4) is 0 Å². The molecule has 19 heavy (non-hydrogen) atoms. The van der Waals surface area contributed by atoms with Gasteiger partial charge >= 0.3 is 0 Å². The molecule has 1 heterocycles. The van der Waals surface area contributed by atoms with Crippen LogP contribution in [-0.4, -0.2) is 9.78 Å². The SMILES string of the molecule is Cc1nn(C)cc1CNCc1cccc(C#N)c1F. The van der Waals surface area contributed by atoms with E-state index in [4.69, 9.17) is 5.26 Å². The van der Waals surface area contributed by atoms with Crippen LogP contribution in [0.2, 0.25) is 0 Å². The van der Waals surface area contributed by atoms with Crippen molar-refractivity contribution in [2.24, 2.45) is 7.05 Å². The molecule has 0 radical (unpaired) electrons. The Labute approximate surface area is 111 Å². The molecule has 4 nitrogen and oxygen atoms in total. The van der Waals surface area contributed by atoms with Gasteiger partial charge in [-0.2, -0.15) is 10.4 Å². The molecule has 0 amide bonds. The van der Waals surface area contributed by atoms with Gasteiger partial charge in [-0.15, -0.1) is 0 Å². The van der Waals surface area contributed by atoms with Crippen LogP contribution in [0.5, 0.6) is 0 Å². The van der Waals surface area contributed by atoms with Gasteiger partial charge in [0.15, 0.2) is 0 Å². The number of halogens is 1. The van der Waals surface area contributed by atoms with E-state index in [2.05, 4.69) is 10.4 Å². The summed E-state index contributed by atoms with van der Waals surface area (Å²) in [6.45, 7) is 2.94. The molecule has 1 N–H and O–H groups in total. The minimum absolute atomic E-state index is 0.0804. The van der Waals surface area contributed by atoms with Gasteiger partial charge in [-0.1, -0.05) is 12.1 Å². The number of benzene rings is 1. The van der Waals surface area contributed by atoms with E-state index in [9.17, 15) is 4.39 Å². The van der Waals surface area contributed by atoms with Crippen LogP contribution in [0.25, 0.3) is 0 Å². The number of aryl methyl sites for hydroxylation is 2. The maximum Gasteiger partial charge on any atom is 0.145 e. The zero-order chi connectivity index (χ0) is 13.8. The monoisotopic (exact) mass is 258 g/mol. The molecule has 1 aromatic heterocycles. The first-order valence-electron chi connectivity index (χ1n) is 5.99. The average Bonchev–Trinajstić information content (AvgIpc) is 2.70. The van der Waals surface area contributed by atoms with Crippen LogP contribution in [0.4, 0.5) is 4.39 Å². The number of hydrogen-bond donors (Lipinski definition) is 1. The number of nitriles is 1. The van der Waals surface area contributed by atoms with E-state index in [1.807, 2.05) is 26.2 Å². The first-order valence-corrected chi connectivity index (χ1v) is 5.99. The third-order valence-electron chi connectivity index (χ3n) is 2.95. The summed E-state index contributed by atoms with van der Waals surface area (Å²) < 4.78 is 15.6. The van der Waals surface area contributed by atoms with Crippen molar-refractivity contribution >= 4 is 0 Å². The highest BCUT2D eigenvalue weighted by Gasteiger charge is 2.08. The minimum atomic E-state index is -0.444. The topological polar surface area (TPSA) is 53.6 Å². The van der Waals surface area contributed by atoms with Crippen LogP contribution in [0.15, 0.2) is 24.4 Å². The maximum absolute atomic E-state index is 13.8. The van der Waals surface area contributed by atoms with Crippen molar-refractivity contribution in [1.29, 1.82) is 5.26 Å². The first-order chi connectivity index (χ1) is 9.11. The summed E-state index contributed by atoms with van der Waals surface area (Å²) in [6, 6.07) is 6.68. The summed E-state index contributed by atoms with van der Waals surface area (Å²) >= 11 is 0. The molecule has 0 saturated carbocycles. The third-order valence-corrected chi connectivity index (χ3v) is 2.95. The Morgan fingerprint density at radius 1 is 1.37 bits per heavy atom. The molecule has 2 rings (SSSR count). The summed E-state index contributed by atoms with van der Waals surface area (Å²) in [6.07, 6.45) is 1.93. The standard InChI is InChI=1S/C14H15FN4/c1-10-13(9-19(2)18-10)8-17-7-12-5-3-4-11(6-16)14(12)15/h3-5,9,17H,7-8H2,1-2H3. The van der Waals surface area contributed by atoms with Gasteiger partial charge in [0, 0.05) is 37.5 Å². The van der Waals surface area contributed by atoms with Gasteiger partial charge < -0.3 is 5.32 Å². The molecule has 0 spiro atoms. The Balaban J connectivity index is 2.00. The predicted molar refractivity (Wildman–Crippen MR) is 69.6 cm³/mol. The Hall–Kier alpha value is -2.19. The quantitative estimate of drug-likeness (QED) is 0.913. The average molecular weight is 258 g/mol. The van der Waals surface area contributed by atoms with Crippen molar-refractivity contribution in [3.05, 3.63) is 52.6 Å². The second-order valence-electron chi connectivity index (χ2n) is 4.41. The van der Waals surface area contributed by atoms with Crippen molar-refractivity contribution in [3.8, 4) is 6.07 Å². The predicted octanol–water partition coefficient (Wildman–Crippen LogP) is 2.03. The fraction of sp³-hybridized carbons (Fsp3) is 0.286. The largest absolute Gasteiger partial charge is 0.308 e. The third kappa shape index (κ3) is 2.98. The van der Waals surface area contributed by atoms with Crippen LogP contribution < -0.4 is 5.32 Å². The van der Waals surface area contributed by atoms with E-state index < -0.39 is 5.82 Å². The lowest BCUT2D eigenvalue weighted by Gasteiger charge is -2.06. The van der Waals surface area contributed by atoms with Gasteiger partial charge in [0.1, 0.15) is 11.9 Å². The van der Waals surface area contributed by atoms with Gasteiger partial charge in [0.2, 0.25) is 0 Å². The van der Waals surface area contributed by atoms with Gasteiger partial charge in [0.05, 0.1) is 11.3 Å². The number of rotatable bonds is 4. The normalized spacial score (nSPS) is 10.4. The zero-order valence-electron chi connectivity index (χ0n) is 10.9. The zero-order valence-corrected chi connectivity index (χ0v) is 10.9. The number of nitrogens with one attached hydrogen (secondary N) is 1. The highest BCUT2D eigenvalue weighted by molar-refractivity contribution is 5.34. The second-order valence-corrected chi connectivity index (χ2v) is 4.41. The molecule has 0 unspecified atom stereocenters. The molecule has 98 valence electrons. The maximum atomic E-state index is 13.8. The van der Waals surface area contributed by atoms with E-state index in [0.29, 0.717) is 18.7 Å². The number of hydrogen-bond acceptors (Lipinski definition) is 3. The summed E-state index contributed by atoms with van der Waals surface area (Å²) in [4.78, 5) is 0. The fourth-order valence-corrected chi connectivity index (χ4v) is 1.96. The van der Waals surface area contributed by atoms with Crippen molar-refractivity contribution in [2.75, 3.05) is 0 Å². The number of nitrogens with zero attached hydrogens (tertiary/aromatic N) is 3. The lowest BCUT2D eigenvalue weighted by Crippen LogP contribution is -2.14. The molecular weight excluding hydrogens is 243 g/mol. The van der Waals surface area contributed by atoms with E-state index in [-0.39, 0.29) is 5.56 Å². The summed E-state index contributed by atoms with van der Waals surface area (Å²) in [5.41, 5.74) is 2.62.